The van der Waals surface area contributed by atoms with Gasteiger partial charge in [0.05, 0.1) is 5.69 Å². The molecule has 0 radical (unpaired) electrons. The number of benzene rings is 2. The van der Waals surface area contributed by atoms with Crippen LogP contribution in [0.25, 0.3) is 5.69 Å². The van der Waals surface area contributed by atoms with Crippen LogP contribution in [0.1, 0.15) is 34.1 Å². The molecule has 1 amide bonds. The molecule has 5 nitrogen and oxygen atoms in total. The summed E-state index contributed by atoms with van der Waals surface area (Å²) in [6.07, 6.45) is 0.716. The summed E-state index contributed by atoms with van der Waals surface area (Å²) in [7, 11) is 0. The summed E-state index contributed by atoms with van der Waals surface area (Å²) in [5, 5.41) is 10.7. The number of nitrogens with one attached hydrogen (secondary N) is 2. The second-order valence-corrected chi connectivity index (χ2v) is 7.27. The van der Waals surface area contributed by atoms with Crippen LogP contribution in [0.4, 0.5) is 8.78 Å². The number of carbonyl (C=O) groups excluding carboxylic acids is 1. The zero-order chi connectivity index (χ0) is 20.4. The van der Waals surface area contributed by atoms with Gasteiger partial charge < -0.3 is 10.6 Å². The van der Waals surface area contributed by atoms with Crippen molar-refractivity contribution in [1.29, 1.82) is 0 Å². The molecule has 1 aromatic heterocycles. The molecule has 2 atom stereocenters. The van der Waals surface area contributed by atoms with Gasteiger partial charge in [-0.2, -0.15) is 5.10 Å². The highest BCUT2D eigenvalue weighted by Crippen LogP contribution is 2.27. The maximum absolute atomic E-state index is 13.7. The lowest BCUT2D eigenvalue weighted by Gasteiger charge is -2.33. The third kappa shape index (κ3) is 4.05. The van der Waals surface area contributed by atoms with E-state index in [1.165, 1.54) is 6.07 Å². The number of para-hydroxylation sites is 1. The number of aryl methyl sites for hydroxylation is 1. The Morgan fingerprint density at radius 3 is 2.69 bits per heavy atom. The Balaban J connectivity index is 1.54. The van der Waals surface area contributed by atoms with Crippen LogP contribution in [-0.2, 0) is 0 Å². The smallest absolute Gasteiger partial charge is 0.272 e. The monoisotopic (exact) mass is 396 g/mol. The predicted molar refractivity (Wildman–Crippen MR) is 106 cm³/mol. The van der Waals surface area contributed by atoms with E-state index in [-0.39, 0.29) is 17.9 Å². The van der Waals surface area contributed by atoms with Gasteiger partial charge in [-0.3, -0.25) is 4.79 Å². The number of aromatic nitrogens is 2. The molecule has 0 bridgehead atoms. The van der Waals surface area contributed by atoms with Gasteiger partial charge in [0.15, 0.2) is 17.3 Å². The van der Waals surface area contributed by atoms with E-state index in [0.29, 0.717) is 24.2 Å². The molecule has 0 saturated carbocycles. The molecule has 2 heterocycles. The number of carbonyl (C=O) groups is 1. The van der Waals surface area contributed by atoms with Gasteiger partial charge in [-0.05, 0) is 55.8 Å². The Bertz CT molecular complexity index is 1020. The first-order chi connectivity index (χ1) is 14.0. The molecule has 29 heavy (non-hydrogen) atoms. The van der Waals surface area contributed by atoms with E-state index in [0.717, 1.165) is 24.0 Å². The van der Waals surface area contributed by atoms with Crippen LogP contribution in [0.3, 0.4) is 0 Å². The van der Waals surface area contributed by atoms with Gasteiger partial charge in [0.25, 0.3) is 5.91 Å². The first-order valence-electron chi connectivity index (χ1n) is 9.61. The first kappa shape index (κ1) is 19.3. The van der Waals surface area contributed by atoms with Crippen molar-refractivity contribution in [3.63, 3.8) is 0 Å². The molecule has 0 spiro atoms. The highest BCUT2D eigenvalue weighted by Gasteiger charge is 2.29. The Hall–Kier alpha value is -3.06. The molecule has 4 rings (SSSR count). The van der Waals surface area contributed by atoms with Gasteiger partial charge in [0.2, 0.25) is 0 Å². The fourth-order valence-electron chi connectivity index (χ4n) is 3.81. The molecule has 3 aromatic rings. The fraction of sp³-hybridized carbons (Fsp3) is 0.273. The molecular formula is C22H22F2N4O. The topological polar surface area (TPSA) is 59.0 Å². The summed E-state index contributed by atoms with van der Waals surface area (Å²) in [5.74, 6) is -2.13. The molecule has 1 fully saturated rings. The predicted octanol–water partition coefficient (Wildman–Crippen LogP) is 3.33. The maximum atomic E-state index is 13.7. The SMILES string of the molecule is Cc1cc(C(=O)NC2CNCCC2c2ccc(F)c(F)c2)nn1-c1ccccc1. The quantitative estimate of drug-likeness (QED) is 0.711. The third-order valence-corrected chi connectivity index (χ3v) is 5.29. The standard InChI is InChI=1S/C22H22F2N4O/c1-14-11-20(27-28(14)16-5-3-2-4-6-16)22(29)26-21-13-25-10-9-17(21)15-7-8-18(23)19(24)12-15/h2-8,11-12,17,21,25H,9-10,13H2,1H3,(H,26,29). The van der Waals surface area contributed by atoms with E-state index >= 15 is 0 Å². The minimum Gasteiger partial charge on any atom is -0.346 e. The van der Waals surface area contributed by atoms with Crippen LogP contribution in [0.2, 0.25) is 0 Å². The summed E-state index contributed by atoms with van der Waals surface area (Å²) < 4.78 is 28.7. The summed E-state index contributed by atoms with van der Waals surface area (Å²) >= 11 is 0. The maximum Gasteiger partial charge on any atom is 0.272 e. The van der Waals surface area contributed by atoms with Crippen molar-refractivity contribution in [2.75, 3.05) is 13.1 Å². The molecule has 0 aliphatic carbocycles. The van der Waals surface area contributed by atoms with Crippen LogP contribution in [-0.4, -0.2) is 34.8 Å². The minimum atomic E-state index is -0.872. The highest BCUT2D eigenvalue weighted by molar-refractivity contribution is 5.92. The van der Waals surface area contributed by atoms with Crippen LogP contribution in [0, 0.1) is 18.6 Å². The summed E-state index contributed by atoms with van der Waals surface area (Å²) in [6.45, 7) is 3.19. The van der Waals surface area contributed by atoms with Crippen molar-refractivity contribution in [2.24, 2.45) is 0 Å². The van der Waals surface area contributed by atoms with Gasteiger partial charge in [0.1, 0.15) is 0 Å². The van der Waals surface area contributed by atoms with Crippen molar-refractivity contribution < 1.29 is 13.6 Å². The zero-order valence-electron chi connectivity index (χ0n) is 16.0. The van der Waals surface area contributed by atoms with Crippen molar-refractivity contribution in [3.05, 3.63) is 83.2 Å². The number of hydrogen-bond donors (Lipinski definition) is 2. The molecule has 7 heteroatoms. The number of nitrogens with zero attached hydrogens (tertiary/aromatic N) is 2. The van der Waals surface area contributed by atoms with E-state index in [2.05, 4.69) is 15.7 Å². The number of piperidine rings is 1. The highest BCUT2D eigenvalue weighted by atomic mass is 19.2. The average Bonchev–Trinajstić information content (AvgIpc) is 3.13. The molecule has 1 saturated heterocycles. The second-order valence-electron chi connectivity index (χ2n) is 7.27. The van der Waals surface area contributed by atoms with Gasteiger partial charge >= 0.3 is 0 Å². The van der Waals surface area contributed by atoms with Crippen LogP contribution in [0.5, 0.6) is 0 Å². The normalized spacial score (nSPS) is 19.1. The molecular weight excluding hydrogens is 374 g/mol. The minimum absolute atomic E-state index is 0.104. The van der Waals surface area contributed by atoms with Gasteiger partial charge in [0, 0.05) is 24.2 Å². The fourth-order valence-corrected chi connectivity index (χ4v) is 3.81. The lowest BCUT2D eigenvalue weighted by molar-refractivity contribution is 0.0919. The van der Waals surface area contributed by atoms with Crippen LogP contribution < -0.4 is 10.6 Å². The third-order valence-electron chi connectivity index (χ3n) is 5.29. The first-order valence-corrected chi connectivity index (χ1v) is 9.61. The number of rotatable bonds is 4. The van der Waals surface area contributed by atoms with Gasteiger partial charge in [-0.15, -0.1) is 0 Å². The van der Waals surface area contributed by atoms with Crippen molar-refractivity contribution in [3.8, 4) is 5.69 Å². The molecule has 2 unspecified atom stereocenters. The van der Waals surface area contributed by atoms with Gasteiger partial charge in [-0.1, -0.05) is 24.3 Å². The molecule has 2 aromatic carbocycles. The Morgan fingerprint density at radius 1 is 1.14 bits per heavy atom. The average molecular weight is 396 g/mol. The Labute approximate surface area is 167 Å². The Kier molecular flexibility index (Phi) is 5.40. The molecule has 1 aliphatic heterocycles. The second kappa shape index (κ2) is 8.13. The Morgan fingerprint density at radius 2 is 1.93 bits per heavy atom. The van der Waals surface area contributed by atoms with E-state index in [9.17, 15) is 13.6 Å². The van der Waals surface area contributed by atoms with E-state index in [1.807, 2.05) is 37.3 Å². The molecule has 1 aliphatic rings. The summed E-state index contributed by atoms with van der Waals surface area (Å²) in [6, 6.07) is 15.0. The summed E-state index contributed by atoms with van der Waals surface area (Å²) in [5.41, 5.74) is 2.73. The van der Waals surface area contributed by atoms with Crippen molar-refractivity contribution >= 4 is 5.91 Å². The van der Waals surface area contributed by atoms with Crippen LogP contribution >= 0.6 is 0 Å². The van der Waals surface area contributed by atoms with Gasteiger partial charge in [-0.25, -0.2) is 13.5 Å². The lowest BCUT2D eigenvalue weighted by Crippen LogP contribution is -2.50. The number of halogens is 2. The molecule has 2 N–H and O–H groups in total. The lowest BCUT2D eigenvalue weighted by atomic mass is 9.86. The molecule has 150 valence electrons. The van der Waals surface area contributed by atoms with E-state index in [4.69, 9.17) is 0 Å². The van der Waals surface area contributed by atoms with Crippen molar-refractivity contribution in [1.82, 2.24) is 20.4 Å². The number of amides is 1. The number of hydrogen-bond acceptors (Lipinski definition) is 3. The van der Waals surface area contributed by atoms with E-state index in [1.54, 1.807) is 16.8 Å². The van der Waals surface area contributed by atoms with Crippen LogP contribution in [0.15, 0.2) is 54.6 Å². The van der Waals surface area contributed by atoms with E-state index < -0.39 is 11.6 Å². The largest absolute Gasteiger partial charge is 0.346 e. The summed E-state index contributed by atoms with van der Waals surface area (Å²) in [4.78, 5) is 12.9. The van der Waals surface area contributed by atoms with Crippen molar-refractivity contribution in [2.45, 2.75) is 25.3 Å². The zero-order valence-corrected chi connectivity index (χ0v) is 16.0.